The molecule has 1 aromatic carbocycles. The Morgan fingerprint density at radius 2 is 1.77 bits per heavy atom. The molecule has 0 aliphatic carbocycles. The zero-order valence-corrected chi connectivity index (χ0v) is 20.5. The van der Waals surface area contributed by atoms with Gasteiger partial charge in [-0.05, 0) is 23.8 Å². The maximum Gasteiger partial charge on any atom is 0.415 e. The van der Waals surface area contributed by atoms with Crippen LogP contribution >= 0.6 is 15.2 Å². The second kappa shape index (κ2) is 10.5. The number of pyridine rings is 1. The lowest BCUT2D eigenvalue weighted by molar-refractivity contribution is -0.141. The molecule has 1 saturated heterocycles. The molecular formula is C20H24N2O11P2. The largest absolute Gasteiger partial charge is 0.464 e. The van der Waals surface area contributed by atoms with Crippen LogP contribution in [0.5, 0.6) is 5.75 Å². The Bertz CT molecular complexity index is 1130. The Labute approximate surface area is 200 Å². The van der Waals surface area contributed by atoms with Gasteiger partial charge < -0.3 is 29.3 Å². The minimum Gasteiger partial charge on any atom is -0.464 e. The summed E-state index contributed by atoms with van der Waals surface area (Å²) in [5.41, 5.74) is 0.271. The van der Waals surface area contributed by atoms with Crippen LogP contribution in [0.2, 0.25) is 0 Å². The predicted octanol–water partition coefficient (Wildman–Crippen LogP) is 2.38. The highest BCUT2D eigenvalue weighted by molar-refractivity contribution is 7.73. The SMILES string of the molecule is CC(=O)OCCN(C)C(=O)Oc1ccc(C2OP(=O)(O)C(O)(Cc3cccnc3)P(=O)(O)O2)cc1. The van der Waals surface area contributed by atoms with Gasteiger partial charge in [0.25, 0.3) is 5.08 Å². The standard InChI is InChI=1S/C20H24N2O11P2/c1-14(23)30-11-10-22(2)19(24)31-17-7-5-16(6-8-17)18-32-34(26,27)20(25,35(28,29)33-18)12-15-4-3-9-21-13-15/h3-9,13,18,25H,10-12H2,1-2H3,(H,26,27)(H,28,29). The van der Waals surface area contributed by atoms with Crippen molar-refractivity contribution in [2.45, 2.75) is 24.7 Å². The van der Waals surface area contributed by atoms with Crippen molar-refractivity contribution in [3.8, 4) is 5.75 Å². The molecule has 2 unspecified atom stereocenters. The summed E-state index contributed by atoms with van der Waals surface area (Å²) in [5, 5.41) is 7.63. The van der Waals surface area contributed by atoms with Crippen LogP contribution in [0.3, 0.4) is 0 Å². The van der Waals surface area contributed by atoms with Crippen molar-refractivity contribution >= 4 is 27.3 Å². The zero-order valence-electron chi connectivity index (χ0n) is 18.7. The number of hydrogen-bond donors (Lipinski definition) is 3. The normalized spacial score (nSPS) is 28.2. The van der Waals surface area contributed by atoms with Crippen LogP contribution < -0.4 is 4.74 Å². The zero-order chi connectivity index (χ0) is 25.9. The van der Waals surface area contributed by atoms with Crippen molar-refractivity contribution in [1.82, 2.24) is 9.88 Å². The molecule has 35 heavy (non-hydrogen) atoms. The number of nitrogens with zero attached hydrogens (tertiary/aromatic N) is 2. The van der Waals surface area contributed by atoms with Crippen molar-refractivity contribution in [2.75, 3.05) is 20.2 Å². The molecule has 0 bridgehead atoms. The van der Waals surface area contributed by atoms with E-state index >= 15 is 0 Å². The van der Waals surface area contributed by atoms with E-state index in [1.165, 1.54) is 67.7 Å². The van der Waals surface area contributed by atoms with Crippen LogP contribution in [0.25, 0.3) is 0 Å². The molecule has 15 heteroatoms. The molecule has 1 aliphatic heterocycles. The van der Waals surface area contributed by atoms with E-state index in [4.69, 9.17) is 18.5 Å². The lowest BCUT2D eigenvalue weighted by Gasteiger charge is -2.41. The van der Waals surface area contributed by atoms with E-state index in [1.54, 1.807) is 0 Å². The third-order valence-electron chi connectivity index (χ3n) is 4.95. The van der Waals surface area contributed by atoms with Gasteiger partial charge in [-0.15, -0.1) is 0 Å². The summed E-state index contributed by atoms with van der Waals surface area (Å²) in [6.07, 6.45) is -0.522. The first-order valence-corrected chi connectivity index (χ1v) is 13.3. The summed E-state index contributed by atoms with van der Waals surface area (Å²) in [7, 11) is -8.80. The summed E-state index contributed by atoms with van der Waals surface area (Å²) in [5.74, 6) is -0.397. The molecule has 3 rings (SSSR count). The number of esters is 1. The first kappa shape index (κ1) is 27.0. The van der Waals surface area contributed by atoms with Crippen molar-refractivity contribution in [1.29, 1.82) is 0 Å². The maximum atomic E-state index is 12.9. The van der Waals surface area contributed by atoms with Crippen LogP contribution in [0.15, 0.2) is 48.8 Å². The van der Waals surface area contributed by atoms with Gasteiger partial charge in [0.2, 0.25) is 6.29 Å². The van der Waals surface area contributed by atoms with E-state index in [-0.39, 0.29) is 30.0 Å². The lowest BCUT2D eigenvalue weighted by atomic mass is 10.2. The third kappa shape index (κ3) is 6.14. The van der Waals surface area contributed by atoms with Gasteiger partial charge in [-0.3, -0.25) is 28.0 Å². The Morgan fingerprint density at radius 3 is 2.31 bits per heavy atom. The van der Waals surface area contributed by atoms with Gasteiger partial charge in [-0.2, -0.15) is 0 Å². The number of rotatable bonds is 7. The van der Waals surface area contributed by atoms with Gasteiger partial charge >= 0.3 is 27.3 Å². The van der Waals surface area contributed by atoms with Gasteiger partial charge in [0.15, 0.2) is 0 Å². The van der Waals surface area contributed by atoms with Crippen molar-refractivity contribution in [2.24, 2.45) is 0 Å². The van der Waals surface area contributed by atoms with E-state index in [0.29, 0.717) is 0 Å². The third-order valence-corrected chi connectivity index (χ3v) is 9.54. The van der Waals surface area contributed by atoms with Gasteiger partial charge in [0.1, 0.15) is 12.4 Å². The second-order valence-electron chi connectivity index (χ2n) is 7.59. The molecule has 1 aliphatic rings. The molecule has 13 nitrogen and oxygen atoms in total. The predicted molar refractivity (Wildman–Crippen MR) is 119 cm³/mol. The van der Waals surface area contributed by atoms with Gasteiger partial charge in [-0.25, -0.2) is 4.79 Å². The minimum atomic E-state index is -5.12. The van der Waals surface area contributed by atoms with Crippen molar-refractivity contribution in [3.63, 3.8) is 0 Å². The highest BCUT2D eigenvalue weighted by atomic mass is 31.2. The molecule has 0 spiro atoms. The highest BCUT2D eigenvalue weighted by Gasteiger charge is 2.67. The number of carbonyl (C=O) groups excluding carboxylic acids is 2. The van der Waals surface area contributed by atoms with Gasteiger partial charge in [0, 0.05) is 38.3 Å². The number of aromatic nitrogens is 1. The van der Waals surface area contributed by atoms with Crippen LogP contribution in [-0.2, 0) is 34.1 Å². The Balaban J connectivity index is 1.69. The van der Waals surface area contributed by atoms with Crippen molar-refractivity contribution in [3.05, 3.63) is 59.9 Å². The molecule has 0 saturated carbocycles. The van der Waals surface area contributed by atoms with Crippen LogP contribution in [0, 0.1) is 0 Å². The summed E-state index contributed by atoms with van der Waals surface area (Å²) in [6, 6.07) is 8.13. The Morgan fingerprint density at radius 1 is 1.14 bits per heavy atom. The van der Waals surface area contributed by atoms with Crippen LogP contribution in [-0.4, -0.2) is 62.1 Å². The number of likely N-dealkylation sites (N-methyl/N-ethyl adjacent to an activating group) is 1. The molecule has 190 valence electrons. The molecule has 1 amide bonds. The van der Waals surface area contributed by atoms with E-state index in [2.05, 4.69) is 4.98 Å². The fourth-order valence-corrected chi connectivity index (χ4v) is 6.57. The number of hydrogen-bond acceptors (Lipinski definition) is 10. The van der Waals surface area contributed by atoms with Crippen molar-refractivity contribution < 1.29 is 52.1 Å². The number of carbonyl (C=O) groups is 2. The maximum absolute atomic E-state index is 12.9. The molecular weight excluding hydrogens is 506 g/mol. The van der Waals surface area contributed by atoms with E-state index in [9.17, 15) is 33.6 Å². The number of benzene rings is 1. The fourth-order valence-electron chi connectivity index (χ4n) is 2.99. The minimum absolute atomic E-state index is 0.00814. The summed E-state index contributed by atoms with van der Waals surface area (Å²) >= 11 is 0. The molecule has 1 aromatic heterocycles. The summed E-state index contributed by atoms with van der Waals surface area (Å²) in [6.45, 7) is 1.33. The van der Waals surface area contributed by atoms with Gasteiger partial charge in [-0.1, -0.05) is 18.2 Å². The molecule has 2 heterocycles. The van der Waals surface area contributed by atoms with Gasteiger partial charge in [0.05, 0.1) is 6.54 Å². The molecule has 2 aromatic rings. The average Bonchev–Trinajstić information content (AvgIpc) is 2.78. The number of amides is 1. The molecule has 3 N–H and O–H groups in total. The molecule has 0 radical (unpaired) electrons. The smallest absolute Gasteiger partial charge is 0.415 e. The van der Waals surface area contributed by atoms with E-state index < -0.39 is 45.0 Å². The molecule has 1 fully saturated rings. The Hall–Kier alpha value is -2.63. The summed E-state index contributed by atoms with van der Waals surface area (Å²) < 4.78 is 45.7. The first-order chi connectivity index (χ1) is 16.3. The fraction of sp³-hybridized carbons (Fsp3) is 0.350. The Kier molecular flexibility index (Phi) is 8.13. The van der Waals surface area contributed by atoms with E-state index in [1.807, 2.05) is 0 Å². The first-order valence-electron chi connectivity index (χ1n) is 10.1. The monoisotopic (exact) mass is 530 g/mol. The number of ether oxygens (including phenoxy) is 2. The second-order valence-corrected chi connectivity index (χ2v) is 11.9. The quantitative estimate of drug-likeness (QED) is 0.352. The molecule has 2 atom stereocenters. The van der Waals surface area contributed by atoms with Crippen LogP contribution in [0.4, 0.5) is 4.79 Å². The lowest BCUT2D eigenvalue weighted by Crippen LogP contribution is -2.37. The average molecular weight is 530 g/mol. The topological polar surface area (TPSA) is 182 Å². The summed E-state index contributed by atoms with van der Waals surface area (Å²) in [4.78, 5) is 48.7. The number of aliphatic hydroxyl groups is 1. The van der Waals surface area contributed by atoms with Crippen LogP contribution in [0.1, 0.15) is 24.3 Å². The van der Waals surface area contributed by atoms with E-state index in [0.717, 1.165) is 0 Å². The highest BCUT2D eigenvalue weighted by Crippen LogP contribution is 2.79.